The lowest BCUT2D eigenvalue weighted by Gasteiger charge is -2.36. The fourth-order valence-electron chi connectivity index (χ4n) is 4.66. The van der Waals surface area contributed by atoms with E-state index < -0.39 is 11.5 Å². The molecule has 0 aromatic heterocycles. The third-order valence-electron chi connectivity index (χ3n) is 6.57. The molecule has 3 aliphatic heterocycles. The lowest BCUT2D eigenvalue weighted by Crippen LogP contribution is -2.49. The molecule has 3 aliphatic rings. The Morgan fingerprint density at radius 3 is 2.34 bits per heavy atom. The summed E-state index contributed by atoms with van der Waals surface area (Å²) in [5.74, 6) is -1.95. The zero-order chi connectivity index (χ0) is 22.6. The van der Waals surface area contributed by atoms with Gasteiger partial charge in [-0.05, 0) is 24.1 Å². The molecule has 178 valence electrons. The molecule has 0 bridgehead atoms. The highest BCUT2D eigenvalue weighted by molar-refractivity contribution is 5.77. The first-order chi connectivity index (χ1) is 15.3. The lowest BCUT2D eigenvalue weighted by molar-refractivity contribution is -0.137. The highest BCUT2D eigenvalue weighted by atomic mass is 19.3. The van der Waals surface area contributed by atoms with E-state index in [9.17, 15) is 18.7 Å². The van der Waals surface area contributed by atoms with E-state index in [1.54, 1.807) is 4.90 Å². The molecule has 3 heterocycles. The molecule has 0 radical (unpaired) electrons. The van der Waals surface area contributed by atoms with Gasteiger partial charge in [0.1, 0.15) is 5.75 Å². The molecule has 32 heavy (non-hydrogen) atoms. The summed E-state index contributed by atoms with van der Waals surface area (Å²) in [6, 6.07) is 7.66. The largest absolute Gasteiger partial charge is 0.484 e. The minimum absolute atomic E-state index is 0.0148. The van der Waals surface area contributed by atoms with Crippen LogP contribution in [-0.2, 0) is 16.1 Å². The van der Waals surface area contributed by atoms with Crippen LogP contribution in [0, 0.1) is 0 Å². The molecular formula is C23H33F2N3O4. The summed E-state index contributed by atoms with van der Waals surface area (Å²) in [5, 5.41) is 11.0. The molecule has 3 saturated heterocycles. The van der Waals surface area contributed by atoms with Gasteiger partial charge in [-0.2, -0.15) is 0 Å². The molecule has 4 rings (SSSR count). The number of carbonyl (C=O) groups excluding carboxylic acids is 1. The van der Waals surface area contributed by atoms with Crippen LogP contribution in [0.5, 0.6) is 5.75 Å². The Labute approximate surface area is 187 Å². The average molecular weight is 454 g/mol. The molecule has 9 heteroatoms. The summed E-state index contributed by atoms with van der Waals surface area (Å²) >= 11 is 0. The van der Waals surface area contributed by atoms with E-state index in [0.717, 1.165) is 12.1 Å². The van der Waals surface area contributed by atoms with Gasteiger partial charge in [0.2, 0.25) is 0 Å². The standard InChI is InChI=1S/C23H33F2N3O4/c24-23(25)6-9-26(10-7-23)17-22(30)5-8-27(18-22)15-19-1-3-20(4-2-19)32-16-21(29)28-11-13-31-14-12-28/h1-4,30H,5-18H2. The van der Waals surface area contributed by atoms with Crippen LogP contribution in [0.25, 0.3) is 0 Å². The van der Waals surface area contributed by atoms with Crippen LogP contribution in [0.3, 0.4) is 0 Å². The third-order valence-corrected chi connectivity index (χ3v) is 6.57. The van der Waals surface area contributed by atoms with E-state index in [0.29, 0.717) is 71.2 Å². The van der Waals surface area contributed by atoms with Gasteiger partial charge in [0.15, 0.2) is 6.61 Å². The van der Waals surface area contributed by atoms with Gasteiger partial charge in [-0.15, -0.1) is 0 Å². The van der Waals surface area contributed by atoms with E-state index in [4.69, 9.17) is 9.47 Å². The molecule has 0 saturated carbocycles. The van der Waals surface area contributed by atoms with E-state index in [2.05, 4.69) is 4.90 Å². The molecule has 1 aromatic rings. The summed E-state index contributed by atoms with van der Waals surface area (Å²) in [7, 11) is 0. The van der Waals surface area contributed by atoms with Crippen molar-refractivity contribution in [1.82, 2.24) is 14.7 Å². The number of carbonyl (C=O) groups is 1. The maximum atomic E-state index is 13.4. The first-order valence-electron chi connectivity index (χ1n) is 11.4. The second kappa shape index (κ2) is 9.99. The van der Waals surface area contributed by atoms with Gasteiger partial charge in [-0.3, -0.25) is 14.6 Å². The summed E-state index contributed by atoms with van der Waals surface area (Å²) in [6.45, 7) is 5.49. The fourth-order valence-corrected chi connectivity index (χ4v) is 4.66. The molecule has 1 atom stereocenters. The molecule has 0 spiro atoms. The minimum atomic E-state index is -2.56. The van der Waals surface area contributed by atoms with Crippen molar-refractivity contribution in [2.24, 2.45) is 0 Å². The molecule has 1 N–H and O–H groups in total. The maximum absolute atomic E-state index is 13.4. The number of piperidine rings is 1. The maximum Gasteiger partial charge on any atom is 0.260 e. The number of amides is 1. The number of rotatable bonds is 7. The molecule has 0 aliphatic carbocycles. The van der Waals surface area contributed by atoms with Crippen molar-refractivity contribution in [3.63, 3.8) is 0 Å². The molecular weight excluding hydrogens is 420 g/mol. The van der Waals surface area contributed by atoms with E-state index in [1.165, 1.54) is 0 Å². The summed E-state index contributed by atoms with van der Waals surface area (Å²) < 4.78 is 37.6. The Kier molecular flexibility index (Phi) is 7.29. The zero-order valence-corrected chi connectivity index (χ0v) is 18.5. The monoisotopic (exact) mass is 453 g/mol. The molecule has 1 unspecified atom stereocenters. The zero-order valence-electron chi connectivity index (χ0n) is 18.5. The van der Waals surface area contributed by atoms with Crippen LogP contribution in [0.1, 0.15) is 24.8 Å². The van der Waals surface area contributed by atoms with Crippen molar-refractivity contribution in [3.8, 4) is 5.75 Å². The smallest absolute Gasteiger partial charge is 0.260 e. The average Bonchev–Trinajstić information content (AvgIpc) is 3.15. The first-order valence-corrected chi connectivity index (χ1v) is 11.4. The SMILES string of the molecule is O=C(COc1ccc(CN2CCC(O)(CN3CCC(F)(F)CC3)C2)cc1)N1CCOCC1. The fraction of sp³-hybridized carbons (Fsp3) is 0.696. The number of likely N-dealkylation sites (tertiary alicyclic amines) is 2. The molecule has 3 fully saturated rings. The van der Waals surface area contributed by atoms with Crippen molar-refractivity contribution < 1.29 is 28.2 Å². The van der Waals surface area contributed by atoms with Gasteiger partial charge in [-0.25, -0.2) is 8.78 Å². The van der Waals surface area contributed by atoms with Crippen molar-refractivity contribution in [2.45, 2.75) is 37.3 Å². The number of alkyl halides is 2. The third kappa shape index (κ3) is 6.37. The highest BCUT2D eigenvalue weighted by Gasteiger charge is 2.40. The number of morpholine rings is 1. The number of benzene rings is 1. The van der Waals surface area contributed by atoms with Crippen molar-refractivity contribution >= 4 is 5.91 Å². The van der Waals surface area contributed by atoms with Gasteiger partial charge < -0.3 is 19.5 Å². The van der Waals surface area contributed by atoms with Gasteiger partial charge in [0.25, 0.3) is 11.8 Å². The number of halogens is 2. The van der Waals surface area contributed by atoms with Crippen LogP contribution in [0.2, 0.25) is 0 Å². The predicted octanol–water partition coefficient (Wildman–Crippen LogP) is 1.59. The number of ether oxygens (including phenoxy) is 2. The van der Waals surface area contributed by atoms with Crippen LogP contribution in [0.15, 0.2) is 24.3 Å². The lowest BCUT2D eigenvalue weighted by atomic mass is 10.00. The quantitative estimate of drug-likeness (QED) is 0.677. The van der Waals surface area contributed by atoms with Crippen molar-refractivity contribution in [1.29, 1.82) is 0 Å². The highest BCUT2D eigenvalue weighted by Crippen LogP contribution is 2.30. The summed E-state index contributed by atoms with van der Waals surface area (Å²) in [4.78, 5) is 18.1. The van der Waals surface area contributed by atoms with Crippen LogP contribution >= 0.6 is 0 Å². The molecule has 1 amide bonds. The minimum Gasteiger partial charge on any atom is -0.484 e. The Hall–Kier alpha value is -1.81. The van der Waals surface area contributed by atoms with Crippen molar-refractivity contribution in [3.05, 3.63) is 29.8 Å². The Balaban J connectivity index is 1.20. The van der Waals surface area contributed by atoms with Crippen LogP contribution in [-0.4, -0.2) is 103 Å². The topological polar surface area (TPSA) is 65.5 Å². The van der Waals surface area contributed by atoms with E-state index in [1.807, 2.05) is 29.2 Å². The number of hydrogen-bond acceptors (Lipinski definition) is 6. The molecule has 1 aromatic carbocycles. The number of β-amino-alcohol motifs (C(OH)–C–C–N with tert-alkyl or cyclic N) is 1. The van der Waals surface area contributed by atoms with Crippen LogP contribution in [0.4, 0.5) is 8.78 Å². The Morgan fingerprint density at radius 2 is 1.66 bits per heavy atom. The van der Waals surface area contributed by atoms with Gasteiger partial charge >= 0.3 is 0 Å². The number of nitrogens with zero attached hydrogens (tertiary/aromatic N) is 3. The first kappa shape index (κ1) is 23.4. The van der Waals surface area contributed by atoms with Crippen LogP contribution < -0.4 is 4.74 Å². The second-order valence-electron chi connectivity index (χ2n) is 9.24. The van der Waals surface area contributed by atoms with Gasteiger partial charge in [-0.1, -0.05) is 12.1 Å². The second-order valence-corrected chi connectivity index (χ2v) is 9.24. The number of hydrogen-bond donors (Lipinski definition) is 1. The molecule has 7 nitrogen and oxygen atoms in total. The Morgan fingerprint density at radius 1 is 1.00 bits per heavy atom. The van der Waals surface area contributed by atoms with E-state index >= 15 is 0 Å². The summed E-state index contributed by atoms with van der Waals surface area (Å²) in [5.41, 5.74) is 0.244. The van der Waals surface area contributed by atoms with Gasteiger partial charge in [0.05, 0.1) is 18.8 Å². The van der Waals surface area contributed by atoms with Crippen molar-refractivity contribution in [2.75, 3.05) is 65.6 Å². The predicted molar refractivity (Wildman–Crippen MR) is 115 cm³/mol. The Bertz CT molecular complexity index is 763. The summed E-state index contributed by atoms with van der Waals surface area (Å²) in [6.07, 6.45) is 0.392. The number of aliphatic hydroxyl groups is 1. The van der Waals surface area contributed by atoms with Gasteiger partial charge in [0, 0.05) is 65.2 Å². The normalized spacial score (nSPS) is 26.9. The van der Waals surface area contributed by atoms with E-state index in [-0.39, 0.29) is 25.4 Å².